The molecule has 4 aromatic rings. The van der Waals surface area contributed by atoms with E-state index < -0.39 is 0 Å². The molecule has 0 unspecified atom stereocenters. The fourth-order valence-electron chi connectivity index (χ4n) is 3.46. The fourth-order valence-corrected chi connectivity index (χ4v) is 3.64. The van der Waals surface area contributed by atoms with Gasteiger partial charge in [-0.25, -0.2) is 4.98 Å². The molecule has 0 aliphatic rings. The number of carbonyl (C=O) groups excluding carboxylic acids is 1. The summed E-state index contributed by atoms with van der Waals surface area (Å²) in [5, 5.41) is 4.45. The molecule has 0 fully saturated rings. The monoisotopic (exact) mass is 400 g/mol. The van der Waals surface area contributed by atoms with Crippen molar-refractivity contribution in [3.63, 3.8) is 0 Å². The van der Waals surface area contributed by atoms with Crippen molar-refractivity contribution in [1.29, 1.82) is 0 Å². The summed E-state index contributed by atoms with van der Waals surface area (Å²) < 4.78 is 0. The number of halogens is 1. The van der Waals surface area contributed by atoms with Crippen LogP contribution in [0.5, 0.6) is 0 Å². The Hall–Kier alpha value is -3.17. The van der Waals surface area contributed by atoms with E-state index in [1.165, 1.54) is 5.56 Å². The summed E-state index contributed by atoms with van der Waals surface area (Å²) in [7, 11) is 0. The molecule has 1 N–H and O–H groups in total. The third-order valence-electron chi connectivity index (χ3n) is 5.12. The van der Waals surface area contributed by atoms with Crippen molar-refractivity contribution in [2.75, 3.05) is 5.32 Å². The molecule has 1 aromatic heterocycles. The Morgan fingerprint density at radius 3 is 2.38 bits per heavy atom. The van der Waals surface area contributed by atoms with Gasteiger partial charge in [0.2, 0.25) is 0 Å². The van der Waals surface area contributed by atoms with Gasteiger partial charge in [0.1, 0.15) is 0 Å². The molecule has 0 aliphatic carbocycles. The van der Waals surface area contributed by atoms with E-state index in [9.17, 15) is 4.79 Å². The number of aromatic nitrogens is 1. The van der Waals surface area contributed by atoms with Crippen molar-refractivity contribution in [1.82, 2.24) is 4.98 Å². The molecule has 0 radical (unpaired) electrons. The highest BCUT2D eigenvalue weighted by atomic mass is 35.5. The molecule has 3 aromatic carbocycles. The number of hydrogen-bond acceptors (Lipinski definition) is 2. The Labute approximate surface area is 175 Å². The predicted octanol–water partition coefficient (Wildman–Crippen LogP) is 6.73. The standard InChI is InChI=1S/C25H21ClN2O/c1-15-8-11-18(12-9-15)24-17(3)23(20-6-4-5-7-22(20)28-24)25(29)27-19-13-10-16(2)21(26)14-19/h4-14H,1-3H3,(H,27,29). The average molecular weight is 401 g/mol. The lowest BCUT2D eigenvalue weighted by atomic mass is 9.96. The molecular weight excluding hydrogens is 380 g/mol. The molecule has 0 saturated heterocycles. The number of anilines is 1. The van der Waals surface area contributed by atoms with E-state index in [2.05, 4.69) is 24.4 Å². The van der Waals surface area contributed by atoms with Gasteiger partial charge in [-0.15, -0.1) is 0 Å². The fraction of sp³-hybridized carbons (Fsp3) is 0.120. The summed E-state index contributed by atoms with van der Waals surface area (Å²) in [6.07, 6.45) is 0. The number of nitrogens with zero attached hydrogens (tertiary/aromatic N) is 1. The number of amides is 1. The maximum Gasteiger partial charge on any atom is 0.256 e. The number of pyridine rings is 1. The third kappa shape index (κ3) is 3.74. The van der Waals surface area contributed by atoms with Crippen LogP contribution >= 0.6 is 11.6 Å². The Kier molecular flexibility index (Phi) is 5.08. The van der Waals surface area contributed by atoms with Gasteiger partial charge in [0.15, 0.2) is 0 Å². The second-order valence-electron chi connectivity index (χ2n) is 7.26. The molecule has 1 amide bonds. The number of aryl methyl sites for hydroxylation is 2. The highest BCUT2D eigenvalue weighted by Crippen LogP contribution is 2.31. The molecule has 3 nitrogen and oxygen atoms in total. The van der Waals surface area contributed by atoms with Gasteiger partial charge in [0.05, 0.1) is 16.8 Å². The number of nitrogens with one attached hydrogen (secondary N) is 1. The normalized spacial score (nSPS) is 10.9. The van der Waals surface area contributed by atoms with Crippen LogP contribution in [0.15, 0.2) is 66.7 Å². The Morgan fingerprint density at radius 1 is 0.931 bits per heavy atom. The van der Waals surface area contributed by atoms with Gasteiger partial charge in [-0.2, -0.15) is 0 Å². The second-order valence-corrected chi connectivity index (χ2v) is 7.67. The Morgan fingerprint density at radius 2 is 1.66 bits per heavy atom. The van der Waals surface area contributed by atoms with Crippen LogP contribution in [0.1, 0.15) is 27.0 Å². The van der Waals surface area contributed by atoms with E-state index in [0.717, 1.165) is 33.3 Å². The minimum atomic E-state index is -0.172. The third-order valence-corrected chi connectivity index (χ3v) is 5.52. The van der Waals surface area contributed by atoms with Crippen molar-refractivity contribution in [2.45, 2.75) is 20.8 Å². The summed E-state index contributed by atoms with van der Waals surface area (Å²) in [6.45, 7) is 5.93. The minimum absolute atomic E-state index is 0.172. The van der Waals surface area contributed by atoms with Crippen molar-refractivity contribution < 1.29 is 4.79 Å². The first-order valence-electron chi connectivity index (χ1n) is 9.48. The zero-order valence-electron chi connectivity index (χ0n) is 16.6. The molecule has 1 heterocycles. The van der Waals surface area contributed by atoms with E-state index in [1.807, 2.05) is 62.4 Å². The van der Waals surface area contributed by atoms with Crippen LogP contribution in [0.2, 0.25) is 5.02 Å². The molecule has 4 rings (SSSR count). The van der Waals surface area contributed by atoms with Gasteiger partial charge in [-0.05, 0) is 50.1 Å². The number of hydrogen-bond donors (Lipinski definition) is 1. The molecule has 29 heavy (non-hydrogen) atoms. The Balaban J connectivity index is 1.85. The van der Waals surface area contributed by atoms with Crippen molar-refractivity contribution >= 4 is 34.1 Å². The molecule has 0 bridgehead atoms. The van der Waals surface area contributed by atoms with Crippen LogP contribution in [0.4, 0.5) is 5.69 Å². The van der Waals surface area contributed by atoms with Crippen LogP contribution in [-0.2, 0) is 0 Å². The van der Waals surface area contributed by atoms with Gasteiger partial charge in [0.25, 0.3) is 5.91 Å². The average Bonchev–Trinajstić information content (AvgIpc) is 2.71. The molecule has 0 aliphatic heterocycles. The lowest BCUT2D eigenvalue weighted by molar-refractivity contribution is 0.102. The summed E-state index contributed by atoms with van der Waals surface area (Å²) in [5.41, 5.74) is 6.90. The number of rotatable bonds is 3. The summed E-state index contributed by atoms with van der Waals surface area (Å²) in [4.78, 5) is 18.2. The predicted molar refractivity (Wildman–Crippen MR) is 121 cm³/mol. The minimum Gasteiger partial charge on any atom is -0.322 e. The first-order valence-corrected chi connectivity index (χ1v) is 9.86. The maximum absolute atomic E-state index is 13.3. The van der Waals surface area contributed by atoms with E-state index >= 15 is 0 Å². The largest absolute Gasteiger partial charge is 0.322 e. The SMILES string of the molecule is Cc1ccc(-c2nc3ccccc3c(C(=O)Nc3ccc(C)c(Cl)c3)c2C)cc1. The number of para-hydroxylation sites is 1. The lowest BCUT2D eigenvalue weighted by Gasteiger charge is -2.15. The zero-order valence-corrected chi connectivity index (χ0v) is 17.3. The smallest absolute Gasteiger partial charge is 0.256 e. The highest BCUT2D eigenvalue weighted by molar-refractivity contribution is 6.31. The van der Waals surface area contributed by atoms with Gasteiger partial charge >= 0.3 is 0 Å². The maximum atomic E-state index is 13.3. The molecule has 0 atom stereocenters. The van der Waals surface area contributed by atoms with Crippen molar-refractivity contribution in [3.8, 4) is 11.3 Å². The quantitative estimate of drug-likeness (QED) is 0.414. The van der Waals surface area contributed by atoms with Gasteiger partial charge in [-0.1, -0.05) is 65.7 Å². The second kappa shape index (κ2) is 7.69. The van der Waals surface area contributed by atoms with Crippen LogP contribution in [0.3, 0.4) is 0 Å². The molecule has 0 saturated carbocycles. The summed E-state index contributed by atoms with van der Waals surface area (Å²) >= 11 is 6.23. The first kappa shape index (κ1) is 19.2. The van der Waals surface area contributed by atoms with Gasteiger partial charge in [0, 0.05) is 21.7 Å². The molecular formula is C25H21ClN2O. The van der Waals surface area contributed by atoms with Crippen molar-refractivity contribution in [3.05, 3.63) is 94.0 Å². The summed E-state index contributed by atoms with van der Waals surface area (Å²) in [5.74, 6) is -0.172. The molecule has 144 valence electrons. The highest BCUT2D eigenvalue weighted by Gasteiger charge is 2.19. The van der Waals surface area contributed by atoms with Crippen LogP contribution in [0, 0.1) is 20.8 Å². The van der Waals surface area contributed by atoms with Crippen LogP contribution < -0.4 is 5.32 Å². The molecule has 4 heteroatoms. The number of carbonyl (C=O) groups is 1. The number of benzene rings is 3. The van der Waals surface area contributed by atoms with Crippen molar-refractivity contribution in [2.24, 2.45) is 0 Å². The van der Waals surface area contributed by atoms with Crippen LogP contribution in [-0.4, -0.2) is 10.9 Å². The van der Waals surface area contributed by atoms with Crippen LogP contribution in [0.25, 0.3) is 22.2 Å². The van der Waals surface area contributed by atoms with E-state index in [1.54, 1.807) is 6.07 Å². The zero-order chi connectivity index (χ0) is 20.5. The van der Waals surface area contributed by atoms with E-state index in [4.69, 9.17) is 16.6 Å². The van der Waals surface area contributed by atoms with E-state index in [0.29, 0.717) is 16.3 Å². The number of fused-ring (bicyclic) bond motifs is 1. The topological polar surface area (TPSA) is 42.0 Å². The summed E-state index contributed by atoms with van der Waals surface area (Å²) in [6, 6.07) is 21.5. The first-order chi connectivity index (χ1) is 13.9. The van der Waals surface area contributed by atoms with E-state index in [-0.39, 0.29) is 5.91 Å². The van der Waals surface area contributed by atoms with Gasteiger partial charge in [-0.3, -0.25) is 4.79 Å². The molecule has 0 spiro atoms. The lowest BCUT2D eigenvalue weighted by Crippen LogP contribution is -2.15. The Bertz CT molecular complexity index is 1230. The van der Waals surface area contributed by atoms with Gasteiger partial charge < -0.3 is 5.32 Å².